The number of nitrogens with two attached hydrogens (primary N) is 1. The van der Waals surface area contributed by atoms with Gasteiger partial charge in [-0.2, -0.15) is 0 Å². The van der Waals surface area contributed by atoms with Crippen molar-refractivity contribution >= 4 is 5.91 Å². The number of methoxy groups -OCH3 is 1. The molecule has 0 aliphatic carbocycles. The molecule has 0 bridgehead atoms. The number of carbonyl (C=O) groups excluding carboxylic acids is 1. The predicted octanol–water partition coefficient (Wildman–Crippen LogP) is 0.466. The summed E-state index contributed by atoms with van der Waals surface area (Å²) in [4.78, 5) is 13.8. The Morgan fingerprint density at radius 1 is 1.67 bits per heavy atom. The third-order valence-electron chi connectivity index (χ3n) is 2.95. The third kappa shape index (κ3) is 3.80. The number of rotatable bonds is 5. The SMILES string of the molecule is COCC(C)CC(=O)N1CCC(CN)C1. The first-order chi connectivity index (χ1) is 7.17. The van der Waals surface area contributed by atoms with E-state index < -0.39 is 0 Å². The Bertz CT molecular complexity index is 209. The molecule has 1 fully saturated rings. The van der Waals surface area contributed by atoms with Crippen molar-refractivity contribution in [2.75, 3.05) is 33.4 Å². The largest absolute Gasteiger partial charge is 0.384 e. The van der Waals surface area contributed by atoms with E-state index in [1.54, 1.807) is 7.11 Å². The van der Waals surface area contributed by atoms with Crippen molar-refractivity contribution in [1.29, 1.82) is 0 Å². The molecule has 0 aromatic rings. The van der Waals surface area contributed by atoms with Crippen LogP contribution in [0.3, 0.4) is 0 Å². The molecule has 2 N–H and O–H groups in total. The molecular weight excluding hydrogens is 192 g/mol. The van der Waals surface area contributed by atoms with Crippen LogP contribution in [0.2, 0.25) is 0 Å². The summed E-state index contributed by atoms with van der Waals surface area (Å²) >= 11 is 0. The molecule has 4 nitrogen and oxygen atoms in total. The summed E-state index contributed by atoms with van der Waals surface area (Å²) in [6.45, 7) is 5.10. The second-order valence-corrected chi connectivity index (χ2v) is 4.49. The fraction of sp³-hybridized carbons (Fsp3) is 0.909. The van der Waals surface area contributed by atoms with Crippen LogP contribution in [0.25, 0.3) is 0 Å². The van der Waals surface area contributed by atoms with E-state index in [0.29, 0.717) is 31.4 Å². The quantitative estimate of drug-likeness (QED) is 0.723. The average molecular weight is 214 g/mol. The minimum Gasteiger partial charge on any atom is -0.384 e. The molecule has 2 atom stereocenters. The Morgan fingerprint density at radius 2 is 2.40 bits per heavy atom. The number of nitrogens with zero attached hydrogens (tertiary/aromatic N) is 1. The van der Waals surface area contributed by atoms with E-state index in [0.717, 1.165) is 19.5 Å². The maximum Gasteiger partial charge on any atom is 0.222 e. The van der Waals surface area contributed by atoms with Crippen LogP contribution in [-0.2, 0) is 9.53 Å². The summed E-state index contributed by atoms with van der Waals surface area (Å²) in [5.74, 6) is 1.06. The van der Waals surface area contributed by atoms with E-state index in [1.165, 1.54) is 0 Å². The Kier molecular flexibility index (Phi) is 5.05. The molecule has 0 aromatic carbocycles. The number of carbonyl (C=O) groups is 1. The number of hydrogen-bond acceptors (Lipinski definition) is 3. The van der Waals surface area contributed by atoms with Crippen LogP contribution >= 0.6 is 0 Å². The lowest BCUT2D eigenvalue weighted by molar-refractivity contribution is -0.131. The summed E-state index contributed by atoms with van der Waals surface area (Å²) in [5.41, 5.74) is 5.59. The Labute approximate surface area is 91.8 Å². The van der Waals surface area contributed by atoms with Gasteiger partial charge in [0.2, 0.25) is 5.91 Å². The summed E-state index contributed by atoms with van der Waals surface area (Å²) in [7, 11) is 1.67. The number of amides is 1. The van der Waals surface area contributed by atoms with Crippen molar-refractivity contribution < 1.29 is 9.53 Å². The first-order valence-electron chi connectivity index (χ1n) is 5.64. The molecule has 2 unspecified atom stereocenters. The molecule has 0 spiro atoms. The molecule has 1 amide bonds. The van der Waals surface area contributed by atoms with Crippen molar-refractivity contribution in [3.8, 4) is 0 Å². The monoisotopic (exact) mass is 214 g/mol. The highest BCUT2D eigenvalue weighted by Gasteiger charge is 2.25. The van der Waals surface area contributed by atoms with Gasteiger partial charge in [-0.1, -0.05) is 6.92 Å². The molecule has 1 aliphatic heterocycles. The third-order valence-corrected chi connectivity index (χ3v) is 2.95. The first kappa shape index (κ1) is 12.5. The second-order valence-electron chi connectivity index (χ2n) is 4.49. The van der Waals surface area contributed by atoms with Crippen LogP contribution in [0.1, 0.15) is 19.8 Å². The number of hydrogen-bond donors (Lipinski definition) is 1. The predicted molar refractivity (Wildman–Crippen MR) is 59.4 cm³/mol. The summed E-state index contributed by atoms with van der Waals surface area (Å²) in [6, 6.07) is 0. The lowest BCUT2D eigenvalue weighted by atomic mass is 10.1. The standard InChI is InChI=1S/C11H22N2O2/c1-9(8-15-2)5-11(14)13-4-3-10(6-12)7-13/h9-10H,3-8,12H2,1-2H3. The van der Waals surface area contributed by atoms with E-state index in [1.807, 2.05) is 11.8 Å². The van der Waals surface area contributed by atoms with Gasteiger partial charge in [0.1, 0.15) is 0 Å². The summed E-state index contributed by atoms with van der Waals surface area (Å²) < 4.78 is 5.02. The zero-order valence-corrected chi connectivity index (χ0v) is 9.74. The topological polar surface area (TPSA) is 55.6 Å². The second kappa shape index (κ2) is 6.08. The molecule has 1 saturated heterocycles. The molecule has 0 radical (unpaired) electrons. The van der Waals surface area contributed by atoms with Gasteiger partial charge in [-0.3, -0.25) is 4.79 Å². The fourth-order valence-corrected chi connectivity index (χ4v) is 2.02. The van der Waals surface area contributed by atoms with E-state index in [-0.39, 0.29) is 5.91 Å². The zero-order valence-electron chi connectivity index (χ0n) is 9.74. The van der Waals surface area contributed by atoms with Gasteiger partial charge in [0.05, 0.1) is 0 Å². The molecule has 0 aromatic heterocycles. The van der Waals surface area contributed by atoms with Crippen LogP contribution in [0, 0.1) is 11.8 Å². The highest BCUT2D eigenvalue weighted by atomic mass is 16.5. The van der Waals surface area contributed by atoms with Gasteiger partial charge in [0.25, 0.3) is 0 Å². The van der Waals surface area contributed by atoms with Crippen LogP contribution < -0.4 is 5.73 Å². The first-order valence-corrected chi connectivity index (χ1v) is 5.64. The molecular formula is C11H22N2O2. The lowest BCUT2D eigenvalue weighted by Crippen LogP contribution is -2.31. The molecule has 1 rings (SSSR count). The van der Waals surface area contributed by atoms with Crippen molar-refractivity contribution in [2.24, 2.45) is 17.6 Å². The van der Waals surface area contributed by atoms with Gasteiger partial charge < -0.3 is 15.4 Å². The van der Waals surface area contributed by atoms with Crippen molar-refractivity contribution in [2.45, 2.75) is 19.8 Å². The van der Waals surface area contributed by atoms with Crippen molar-refractivity contribution in [3.05, 3.63) is 0 Å². The minimum absolute atomic E-state index is 0.246. The summed E-state index contributed by atoms with van der Waals surface area (Å²) in [5, 5.41) is 0. The van der Waals surface area contributed by atoms with E-state index in [9.17, 15) is 4.79 Å². The fourth-order valence-electron chi connectivity index (χ4n) is 2.02. The van der Waals surface area contributed by atoms with Gasteiger partial charge in [-0.25, -0.2) is 0 Å². The number of likely N-dealkylation sites (tertiary alicyclic amines) is 1. The van der Waals surface area contributed by atoms with Crippen LogP contribution in [0.15, 0.2) is 0 Å². The van der Waals surface area contributed by atoms with E-state index >= 15 is 0 Å². The smallest absolute Gasteiger partial charge is 0.222 e. The van der Waals surface area contributed by atoms with E-state index in [4.69, 9.17) is 10.5 Å². The normalized spacial score (nSPS) is 23.1. The van der Waals surface area contributed by atoms with E-state index in [2.05, 4.69) is 0 Å². The molecule has 0 saturated carbocycles. The highest BCUT2D eigenvalue weighted by molar-refractivity contribution is 5.76. The van der Waals surface area contributed by atoms with Gasteiger partial charge in [-0.05, 0) is 24.8 Å². The molecule has 1 aliphatic rings. The minimum atomic E-state index is 0.246. The maximum absolute atomic E-state index is 11.8. The van der Waals surface area contributed by atoms with Crippen LogP contribution in [-0.4, -0.2) is 44.2 Å². The lowest BCUT2D eigenvalue weighted by Gasteiger charge is -2.18. The zero-order chi connectivity index (χ0) is 11.3. The molecule has 15 heavy (non-hydrogen) atoms. The van der Waals surface area contributed by atoms with Gasteiger partial charge in [-0.15, -0.1) is 0 Å². The maximum atomic E-state index is 11.8. The molecule has 88 valence electrons. The Balaban J connectivity index is 2.29. The van der Waals surface area contributed by atoms with Crippen molar-refractivity contribution in [1.82, 2.24) is 4.90 Å². The van der Waals surface area contributed by atoms with Gasteiger partial charge >= 0.3 is 0 Å². The number of ether oxygens (including phenoxy) is 1. The van der Waals surface area contributed by atoms with Gasteiger partial charge in [0, 0.05) is 33.2 Å². The van der Waals surface area contributed by atoms with Crippen LogP contribution in [0.5, 0.6) is 0 Å². The van der Waals surface area contributed by atoms with Gasteiger partial charge in [0.15, 0.2) is 0 Å². The average Bonchev–Trinajstić information content (AvgIpc) is 2.66. The molecule has 4 heteroatoms. The molecule has 1 heterocycles. The highest BCUT2D eigenvalue weighted by Crippen LogP contribution is 2.17. The Hall–Kier alpha value is -0.610. The van der Waals surface area contributed by atoms with Crippen LogP contribution in [0.4, 0.5) is 0 Å². The summed E-state index contributed by atoms with van der Waals surface area (Å²) in [6.07, 6.45) is 1.64. The Morgan fingerprint density at radius 3 is 2.93 bits per heavy atom. The van der Waals surface area contributed by atoms with Crippen molar-refractivity contribution in [3.63, 3.8) is 0 Å².